The van der Waals surface area contributed by atoms with Crippen molar-refractivity contribution < 1.29 is 4.42 Å². The maximum Gasteiger partial charge on any atom is 0.123 e. The summed E-state index contributed by atoms with van der Waals surface area (Å²) >= 11 is 12.0. The van der Waals surface area contributed by atoms with Crippen LogP contribution in [0.3, 0.4) is 0 Å². The van der Waals surface area contributed by atoms with Gasteiger partial charge in [-0.25, -0.2) is 0 Å². The maximum absolute atomic E-state index is 6.07. The van der Waals surface area contributed by atoms with Gasteiger partial charge in [-0.05, 0) is 24.3 Å². The zero-order valence-electron chi connectivity index (χ0n) is 9.47. The molecule has 90 valence electrons. The van der Waals surface area contributed by atoms with Crippen LogP contribution in [-0.2, 0) is 13.0 Å². The lowest BCUT2D eigenvalue weighted by Crippen LogP contribution is -1.98. The molecule has 2 rings (SSSR count). The third kappa shape index (κ3) is 2.96. The topological polar surface area (TPSA) is 25.2 Å². The van der Waals surface area contributed by atoms with Gasteiger partial charge in [0.2, 0.25) is 0 Å². The van der Waals surface area contributed by atoms with E-state index in [0.717, 1.165) is 23.6 Å². The largest absolute Gasteiger partial charge is 0.464 e. The van der Waals surface area contributed by atoms with Crippen molar-refractivity contribution in [1.29, 1.82) is 0 Å². The standard InChI is InChI=1S/C13H13Cl2NO/c1-2-9-6-7-10(17-9)8-16-12-5-3-4-11(14)13(12)15/h3-7,16H,2,8H2,1H3. The summed E-state index contributed by atoms with van der Waals surface area (Å²) < 4.78 is 5.59. The molecule has 1 aromatic heterocycles. The Kier molecular flexibility index (Phi) is 3.97. The number of halogens is 2. The molecule has 0 saturated heterocycles. The van der Waals surface area contributed by atoms with Crippen molar-refractivity contribution in [2.75, 3.05) is 5.32 Å². The van der Waals surface area contributed by atoms with Crippen molar-refractivity contribution in [1.82, 2.24) is 0 Å². The molecule has 0 unspecified atom stereocenters. The number of hydrogen-bond donors (Lipinski definition) is 1. The van der Waals surface area contributed by atoms with E-state index in [1.54, 1.807) is 6.07 Å². The van der Waals surface area contributed by atoms with Crippen molar-refractivity contribution in [3.8, 4) is 0 Å². The van der Waals surface area contributed by atoms with Crippen molar-refractivity contribution in [3.63, 3.8) is 0 Å². The monoisotopic (exact) mass is 269 g/mol. The zero-order valence-corrected chi connectivity index (χ0v) is 11.0. The van der Waals surface area contributed by atoms with Crippen LogP contribution in [0, 0.1) is 0 Å². The third-order valence-electron chi connectivity index (χ3n) is 2.47. The zero-order chi connectivity index (χ0) is 12.3. The van der Waals surface area contributed by atoms with E-state index in [2.05, 4.69) is 12.2 Å². The Balaban J connectivity index is 2.04. The number of anilines is 1. The predicted molar refractivity (Wildman–Crippen MR) is 71.9 cm³/mol. The molecule has 0 amide bonds. The summed E-state index contributed by atoms with van der Waals surface area (Å²) in [5.41, 5.74) is 0.814. The normalized spacial score (nSPS) is 10.5. The van der Waals surface area contributed by atoms with Gasteiger partial charge in [0.25, 0.3) is 0 Å². The van der Waals surface area contributed by atoms with Crippen molar-refractivity contribution in [3.05, 3.63) is 51.9 Å². The van der Waals surface area contributed by atoms with Gasteiger partial charge in [-0.3, -0.25) is 0 Å². The summed E-state index contributed by atoms with van der Waals surface area (Å²) in [6.07, 6.45) is 0.901. The van der Waals surface area contributed by atoms with E-state index >= 15 is 0 Å². The minimum atomic E-state index is 0.538. The van der Waals surface area contributed by atoms with Crippen LogP contribution in [0.4, 0.5) is 5.69 Å². The van der Waals surface area contributed by atoms with Crippen molar-refractivity contribution in [2.24, 2.45) is 0 Å². The Morgan fingerprint density at radius 1 is 1.12 bits per heavy atom. The fourth-order valence-corrected chi connectivity index (χ4v) is 1.90. The van der Waals surface area contributed by atoms with Gasteiger partial charge >= 0.3 is 0 Å². The fraction of sp³-hybridized carbons (Fsp3) is 0.231. The first-order chi connectivity index (χ1) is 8.20. The number of aryl methyl sites for hydroxylation is 1. The molecule has 2 aromatic rings. The SMILES string of the molecule is CCc1ccc(CNc2cccc(Cl)c2Cl)o1. The number of rotatable bonds is 4. The second kappa shape index (κ2) is 5.48. The summed E-state index contributed by atoms with van der Waals surface area (Å²) in [5, 5.41) is 4.28. The van der Waals surface area contributed by atoms with E-state index in [4.69, 9.17) is 27.6 Å². The van der Waals surface area contributed by atoms with Crippen molar-refractivity contribution >= 4 is 28.9 Å². The Hall–Kier alpha value is -1.12. The van der Waals surface area contributed by atoms with Crippen LogP contribution in [0.1, 0.15) is 18.4 Å². The minimum absolute atomic E-state index is 0.538. The smallest absolute Gasteiger partial charge is 0.123 e. The number of benzene rings is 1. The Bertz CT molecular complexity index is 508. The molecule has 1 aromatic carbocycles. The van der Waals surface area contributed by atoms with Crippen LogP contribution in [0.15, 0.2) is 34.7 Å². The molecule has 1 N–H and O–H groups in total. The molecule has 0 radical (unpaired) electrons. The maximum atomic E-state index is 6.07. The minimum Gasteiger partial charge on any atom is -0.464 e. The summed E-state index contributed by atoms with van der Waals surface area (Å²) in [6.45, 7) is 2.66. The van der Waals surface area contributed by atoms with Crippen LogP contribution in [0.5, 0.6) is 0 Å². The molecule has 2 nitrogen and oxygen atoms in total. The van der Waals surface area contributed by atoms with Gasteiger partial charge in [0.1, 0.15) is 11.5 Å². The van der Waals surface area contributed by atoms with Crippen LogP contribution >= 0.6 is 23.2 Å². The Labute approximate surface area is 111 Å². The van der Waals surface area contributed by atoms with Crippen LogP contribution < -0.4 is 5.32 Å². The van der Waals surface area contributed by atoms with Gasteiger partial charge in [-0.15, -0.1) is 0 Å². The van der Waals surface area contributed by atoms with E-state index < -0.39 is 0 Å². The van der Waals surface area contributed by atoms with E-state index in [0.29, 0.717) is 16.6 Å². The highest BCUT2D eigenvalue weighted by molar-refractivity contribution is 6.43. The van der Waals surface area contributed by atoms with E-state index in [-0.39, 0.29) is 0 Å². The molecule has 0 atom stereocenters. The number of nitrogens with one attached hydrogen (secondary N) is 1. The first-order valence-corrected chi connectivity index (χ1v) is 6.21. The lowest BCUT2D eigenvalue weighted by molar-refractivity contribution is 0.476. The van der Waals surface area contributed by atoms with Crippen LogP contribution in [0.25, 0.3) is 0 Å². The quantitative estimate of drug-likeness (QED) is 0.866. The lowest BCUT2D eigenvalue weighted by Gasteiger charge is -2.07. The molecule has 0 saturated carbocycles. The molecule has 1 heterocycles. The van der Waals surface area contributed by atoms with E-state index in [1.165, 1.54) is 0 Å². The second-order valence-electron chi connectivity index (χ2n) is 3.68. The number of hydrogen-bond acceptors (Lipinski definition) is 2. The first kappa shape index (κ1) is 12.3. The Morgan fingerprint density at radius 2 is 1.88 bits per heavy atom. The molecule has 4 heteroatoms. The summed E-state index contributed by atoms with van der Waals surface area (Å²) in [5.74, 6) is 1.87. The van der Waals surface area contributed by atoms with Gasteiger partial charge < -0.3 is 9.73 Å². The van der Waals surface area contributed by atoms with Crippen LogP contribution in [0.2, 0.25) is 10.0 Å². The van der Waals surface area contributed by atoms with Crippen LogP contribution in [-0.4, -0.2) is 0 Å². The highest BCUT2D eigenvalue weighted by Crippen LogP contribution is 2.29. The fourth-order valence-electron chi connectivity index (χ4n) is 1.53. The van der Waals surface area contributed by atoms with Gasteiger partial charge in [-0.2, -0.15) is 0 Å². The average Bonchev–Trinajstić information content (AvgIpc) is 2.79. The molecule has 0 fully saturated rings. The van der Waals surface area contributed by atoms with E-state index in [9.17, 15) is 0 Å². The molecular weight excluding hydrogens is 257 g/mol. The molecule has 17 heavy (non-hydrogen) atoms. The lowest BCUT2D eigenvalue weighted by atomic mass is 10.3. The highest BCUT2D eigenvalue weighted by Gasteiger charge is 2.05. The van der Waals surface area contributed by atoms with Gasteiger partial charge in [0.15, 0.2) is 0 Å². The predicted octanol–water partition coefficient (Wildman–Crippen LogP) is 4.76. The molecule has 0 aliphatic carbocycles. The van der Waals surface area contributed by atoms with Gasteiger partial charge in [0, 0.05) is 6.42 Å². The molecule has 0 aliphatic rings. The summed E-state index contributed by atoms with van der Waals surface area (Å²) in [4.78, 5) is 0. The first-order valence-electron chi connectivity index (χ1n) is 5.46. The molecule has 0 spiro atoms. The summed E-state index contributed by atoms with van der Waals surface area (Å²) in [6, 6.07) is 9.45. The molecule has 0 bridgehead atoms. The Morgan fingerprint density at radius 3 is 2.59 bits per heavy atom. The summed E-state index contributed by atoms with van der Waals surface area (Å²) in [7, 11) is 0. The third-order valence-corrected chi connectivity index (χ3v) is 3.29. The van der Waals surface area contributed by atoms with E-state index in [1.807, 2.05) is 24.3 Å². The molecular formula is C13H13Cl2NO. The second-order valence-corrected chi connectivity index (χ2v) is 4.46. The highest BCUT2D eigenvalue weighted by atomic mass is 35.5. The van der Waals surface area contributed by atoms with Gasteiger partial charge in [-0.1, -0.05) is 36.2 Å². The number of furan rings is 1. The van der Waals surface area contributed by atoms with Gasteiger partial charge in [0.05, 0.1) is 22.3 Å². The van der Waals surface area contributed by atoms with Crippen molar-refractivity contribution in [2.45, 2.75) is 19.9 Å². The average molecular weight is 270 g/mol. The molecule has 0 aliphatic heterocycles.